The highest BCUT2D eigenvalue weighted by Gasteiger charge is 2.32. The van der Waals surface area contributed by atoms with Gasteiger partial charge in [0, 0.05) is 37.3 Å². The number of nitrogens with one attached hydrogen (secondary N) is 1. The van der Waals surface area contributed by atoms with Gasteiger partial charge >= 0.3 is 19.5 Å². The van der Waals surface area contributed by atoms with Crippen LogP contribution in [0.25, 0.3) is 0 Å². The number of carbonyl (C=O) groups is 5. The molecule has 0 aromatic heterocycles. The van der Waals surface area contributed by atoms with Gasteiger partial charge in [-0.3, -0.25) is 23.7 Å². The summed E-state index contributed by atoms with van der Waals surface area (Å²) < 4.78 is 29.7. The summed E-state index contributed by atoms with van der Waals surface area (Å²) in [6.07, 6.45) is 0.750. The van der Waals surface area contributed by atoms with E-state index >= 15 is 0 Å². The second kappa shape index (κ2) is 17.0. The molecule has 0 saturated heterocycles. The number of amides is 1. The van der Waals surface area contributed by atoms with Crippen molar-refractivity contribution in [3.8, 4) is 5.75 Å². The molecule has 1 amide bonds. The van der Waals surface area contributed by atoms with Crippen LogP contribution in [0.1, 0.15) is 86.7 Å². The first-order chi connectivity index (χ1) is 21.4. The lowest BCUT2D eigenvalue weighted by atomic mass is 9.87. The van der Waals surface area contributed by atoms with Crippen LogP contribution in [0.2, 0.25) is 0 Å². The molecule has 1 aliphatic carbocycles. The van der Waals surface area contributed by atoms with Crippen LogP contribution in [-0.4, -0.2) is 59.9 Å². The molecular formula is C33H42NO10P. The Kier molecular flexibility index (Phi) is 13.5. The third-order valence-electron chi connectivity index (χ3n) is 7.59. The van der Waals surface area contributed by atoms with Crippen molar-refractivity contribution in [3.63, 3.8) is 0 Å². The molecule has 1 saturated carbocycles. The highest BCUT2D eigenvalue weighted by atomic mass is 31.2. The van der Waals surface area contributed by atoms with Crippen molar-refractivity contribution >= 4 is 37.0 Å². The van der Waals surface area contributed by atoms with Crippen molar-refractivity contribution in [2.45, 2.75) is 77.7 Å². The fraction of sp³-hybridized carbons (Fsp3) is 0.485. The molecule has 1 aliphatic rings. The Balaban J connectivity index is 1.66. The van der Waals surface area contributed by atoms with E-state index in [9.17, 15) is 28.5 Å². The van der Waals surface area contributed by atoms with Crippen molar-refractivity contribution in [1.82, 2.24) is 5.32 Å². The molecule has 2 N–H and O–H groups in total. The topological polar surface area (TPSA) is 162 Å². The van der Waals surface area contributed by atoms with E-state index in [1.165, 1.54) is 6.92 Å². The highest BCUT2D eigenvalue weighted by Crippen LogP contribution is 2.49. The van der Waals surface area contributed by atoms with E-state index in [2.05, 4.69) is 5.32 Å². The number of carboxylic acid groups (broad SMARTS) is 1. The number of ketones is 2. The fourth-order valence-corrected chi connectivity index (χ4v) is 6.80. The average Bonchev–Trinajstić information content (AvgIpc) is 3.40. The lowest BCUT2D eigenvalue weighted by Gasteiger charge is -2.22. The van der Waals surface area contributed by atoms with Gasteiger partial charge in [-0.2, -0.15) is 0 Å². The number of Topliss-reactive ketones (excluding diaryl/α,β-unsaturated/α-hetero) is 2. The zero-order valence-corrected chi connectivity index (χ0v) is 26.9. The molecule has 11 nitrogen and oxygen atoms in total. The van der Waals surface area contributed by atoms with Gasteiger partial charge in [0.25, 0.3) is 0 Å². The first-order valence-corrected chi connectivity index (χ1v) is 17.0. The summed E-state index contributed by atoms with van der Waals surface area (Å²) in [7, 11) is -3.90. The van der Waals surface area contributed by atoms with E-state index in [0.717, 1.165) is 18.4 Å². The predicted octanol–water partition coefficient (Wildman–Crippen LogP) is 5.50. The SMILES string of the molecule is CCOC(=O)[C@H](C)OP(=O)(CCNC(=O)CC(C)c1ccc(CC2CCCC2=O)c(C(=O)CCC(=O)O)c1)Oc1ccccc1. The minimum atomic E-state index is -3.90. The zero-order chi connectivity index (χ0) is 33.0. The van der Waals surface area contributed by atoms with Gasteiger partial charge in [-0.1, -0.05) is 37.3 Å². The maximum atomic E-state index is 13.6. The summed E-state index contributed by atoms with van der Waals surface area (Å²) in [6.45, 7) is 4.96. The molecule has 0 bridgehead atoms. The molecule has 2 aromatic rings. The molecule has 3 unspecified atom stereocenters. The van der Waals surface area contributed by atoms with Crippen molar-refractivity contribution in [3.05, 3.63) is 65.2 Å². The van der Waals surface area contributed by atoms with Crippen LogP contribution in [0, 0.1) is 5.92 Å². The molecule has 1 fully saturated rings. The number of para-hydroxylation sites is 1. The second-order valence-corrected chi connectivity index (χ2v) is 13.2. The number of ether oxygens (including phenoxy) is 1. The van der Waals surface area contributed by atoms with E-state index in [1.54, 1.807) is 49.4 Å². The number of benzene rings is 2. The Bertz CT molecular complexity index is 1410. The number of carbonyl (C=O) groups excluding carboxylic acids is 4. The van der Waals surface area contributed by atoms with Gasteiger partial charge in [0.05, 0.1) is 19.2 Å². The summed E-state index contributed by atoms with van der Waals surface area (Å²) >= 11 is 0. The minimum absolute atomic E-state index is 0.0488. The van der Waals surface area contributed by atoms with Crippen LogP contribution in [-0.2, 0) is 39.4 Å². The molecular weight excluding hydrogens is 601 g/mol. The predicted molar refractivity (Wildman–Crippen MR) is 166 cm³/mol. The molecule has 0 radical (unpaired) electrons. The minimum Gasteiger partial charge on any atom is -0.481 e. The summed E-state index contributed by atoms with van der Waals surface area (Å²) in [6, 6.07) is 13.7. The third kappa shape index (κ3) is 11.2. The van der Waals surface area contributed by atoms with Crippen LogP contribution < -0.4 is 9.84 Å². The Labute approximate surface area is 263 Å². The molecule has 4 atom stereocenters. The number of hydrogen-bond donors (Lipinski definition) is 2. The van der Waals surface area contributed by atoms with Gasteiger partial charge in [0.15, 0.2) is 11.9 Å². The van der Waals surface area contributed by atoms with E-state index < -0.39 is 25.6 Å². The van der Waals surface area contributed by atoms with Crippen LogP contribution >= 0.6 is 7.60 Å². The Hall–Kier alpha value is -3.82. The van der Waals surface area contributed by atoms with Gasteiger partial charge < -0.3 is 19.7 Å². The van der Waals surface area contributed by atoms with E-state index in [1.807, 2.05) is 13.0 Å². The summed E-state index contributed by atoms with van der Waals surface area (Å²) in [5, 5.41) is 11.8. The zero-order valence-electron chi connectivity index (χ0n) is 26.0. The van der Waals surface area contributed by atoms with E-state index in [-0.39, 0.29) is 73.6 Å². The maximum Gasteiger partial charge on any atom is 0.381 e. The van der Waals surface area contributed by atoms with Crippen LogP contribution in [0.4, 0.5) is 0 Å². The smallest absolute Gasteiger partial charge is 0.381 e. The first kappa shape index (κ1) is 35.7. The Morgan fingerprint density at radius 1 is 1.07 bits per heavy atom. The molecule has 244 valence electrons. The second-order valence-electron chi connectivity index (χ2n) is 11.2. The average molecular weight is 644 g/mol. The largest absolute Gasteiger partial charge is 0.481 e. The molecule has 2 aromatic carbocycles. The molecule has 0 spiro atoms. The normalized spacial score (nSPS) is 17.1. The fourth-order valence-electron chi connectivity index (χ4n) is 5.17. The maximum absolute atomic E-state index is 13.6. The number of hydrogen-bond acceptors (Lipinski definition) is 9. The Morgan fingerprint density at radius 2 is 1.80 bits per heavy atom. The lowest BCUT2D eigenvalue weighted by molar-refractivity contribution is -0.150. The summed E-state index contributed by atoms with van der Waals surface area (Å²) in [4.78, 5) is 61.4. The Morgan fingerprint density at radius 3 is 2.44 bits per heavy atom. The number of aliphatic carboxylic acids is 1. The van der Waals surface area contributed by atoms with Gasteiger partial charge in [-0.05, 0) is 68.4 Å². The van der Waals surface area contributed by atoms with Crippen LogP contribution in [0.15, 0.2) is 48.5 Å². The lowest BCUT2D eigenvalue weighted by Crippen LogP contribution is -2.29. The molecule has 0 heterocycles. The molecule has 45 heavy (non-hydrogen) atoms. The quantitative estimate of drug-likeness (QED) is 0.121. The van der Waals surface area contributed by atoms with E-state index in [4.69, 9.17) is 18.9 Å². The van der Waals surface area contributed by atoms with Crippen LogP contribution in [0.3, 0.4) is 0 Å². The van der Waals surface area contributed by atoms with Crippen molar-refractivity contribution < 1.29 is 47.4 Å². The summed E-state index contributed by atoms with van der Waals surface area (Å²) in [5.74, 6) is -2.43. The van der Waals surface area contributed by atoms with Gasteiger partial charge in [-0.15, -0.1) is 0 Å². The monoisotopic (exact) mass is 643 g/mol. The van der Waals surface area contributed by atoms with Crippen molar-refractivity contribution in [2.24, 2.45) is 5.92 Å². The van der Waals surface area contributed by atoms with Crippen LogP contribution in [0.5, 0.6) is 5.75 Å². The first-order valence-electron chi connectivity index (χ1n) is 15.3. The van der Waals surface area contributed by atoms with Gasteiger partial charge in [0.1, 0.15) is 11.5 Å². The van der Waals surface area contributed by atoms with Crippen molar-refractivity contribution in [1.29, 1.82) is 0 Å². The number of esters is 1. The summed E-state index contributed by atoms with van der Waals surface area (Å²) in [5.41, 5.74) is 1.81. The van der Waals surface area contributed by atoms with Crippen molar-refractivity contribution in [2.75, 3.05) is 19.3 Å². The molecule has 12 heteroatoms. The molecule has 3 rings (SSSR count). The highest BCUT2D eigenvalue weighted by molar-refractivity contribution is 7.54. The number of rotatable bonds is 18. The number of carboxylic acids is 1. The third-order valence-corrected chi connectivity index (χ3v) is 9.49. The van der Waals surface area contributed by atoms with Gasteiger partial charge in [-0.25, -0.2) is 9.36 Å². The van der Waals surface area contributed by atoms with Gasteiger partial charge in [0.2, 0.25) is 5.91 Å². The molecule has 0 aliphatic heterocycles. The standard InChI is InChI=1S/C33H42NO10P/c1-4-42-33(40)23(3)43-45(41,44-27-10-6-5-7-11-27)18-17-34-31(37)19-22(2)24-13-14-25(20-26-9-8-12-29(26)35)28(21-24)30(36)15-16-32(38)39/h5-7,10-11,13-14,21-23,26H,4,8-9,12,15-20H2,1-3H3,(H,34,37)(H,38,39)/t22?,23-,26?,45?/m0/s1. The van der Waals surface area contributed by atoms with E-state index in [0.29, 0.717) is 24.0 Å².